The highest BCUT2D eigenvalue weighted by Crippen LogP contribution is 2.34. The molecule has 1 aromatic carbocycles. The fourth-order valence-electron chi connectivity index (χ4n) is 2.06. The van der Waals surface area contributed by atoms with Crippen LogP contribution in [0, 0.1) is 0 Å². The smallest absolute Gasteiger partial charge is 0.161 e. The Morgan fingerprint density at radius 2 is 1.90 bits per heavy atom. The molecule has 0 aliphatic rings. The molecule has 2 aromatic heterocycles. The average molecular weight is 301 g/mol. The molecule has 3 aromatic rings. The SMILES string of the molecule is COc1ccc(-c2nc(-c3cnn(C)c3)cs2)cc1OC. The zero-order valence-electron chi connectivity index (χ0n) is 12.0. The molecule has 5 nitrogen and oxygen atoms in total. The highest BCUT2D eigenvalue weighted by Gasteiger charge is 2.11. The lowest BCUT2D eigenvalue weighted by molar-refractivity contribution is 0.355. The number of rotatable bonds is 4. The topological polar surface area (TPSA) is 49.2 Å². The summed E-state index contributed by atoms with van der Waals surface area (Å²) in [7, 11) is 5.15. The van der Waals surface area contributed by atoms with Crippen molar-refractivity contribution in [3.8, 4) is 33.3 Å². The number of aryl methyl sites for hydroxylation is 1. The zero-order valence-corrected chi connectivity index (χ0v) is 12.8. The van der Waals surface area contributed by atoms with Crippen LogP contribution in [0.3, 0.4) is 0 Å². The molecule has 0 saturated carbocycles. The maximum absolute atomic E-state index is 5.33. The largest absolute Gasteiger partial charge is 0.493 e. The van der Waals surface area contributed by atoms with Gasteiger partial charge in [0.25, 0.3) is 0 Å². The molecule has 0 aliphatic carbocycles. The molecular formula is C15H15N3O2S. The highest BCUT2D eigenvalue weighted by atomic mass is 32.1. The molecule has 0 atom stereocenters. The number of benzene rings is 1. The maximum atomic E-state index is 5.33. The van der Waals surface area contributed by atoms with Crippen LogP contribution in [-0.4, -0.2) is 29.0 Å². The van der Waals surface area contributed by atoms with Crippen LogP contribution in [0.5, 0.6) is 11.5 Å². The van der Waals surface area contributed by atoms with E-state index < -0.39 is 0 Å². The molecule has 0 unspecified atom stereocenters. The van der Waals surface area contributed by atoms with E-state index in [4.69, 9.17) is 9.47 Å². The summed E-state index contributed by atoms with van der Waals surface area (Å²) in [6, 6.07) is 5.80. The fraction of sp³-hybridized carbons (Fsp3) is 0.200. The predicted molar refractivity (Wildman–Crippen MR) is 82.9 cm³/mol. The first-order valence-electron chi connectivity index (χ1n) is 6.38. The molecule has 0 N–H and O–H groups in total. The van der Waals surface area contributed by atoms with Crippen LogP contribution < -0.4 is 9.47 Å². The van der Waals surface area contributed by atoms with Gasteiger partial charge in [0.05, 0.1) is 26.1 Å². The van der Waals surface area contributed by atoms with Crippen LogP contribution in [-0.2, 0) is 7.05 Å². The van der Waals surface area contributed by atoms with Gasteiger partial charge in [-0.3, -0.25) is 4.68 Å². The normalized spacial score (nSPS) is 10.6. The number of methoxy groups -OCH3 is 2. The molecule has 0 saturated heterocycles. The Morgan fingerprint density at radius 3 is 2.57 bits per heavy atom. The molecule has 2 heterocycles. The van der Waals surface area contributed by atoms with Gasteiger partial charge in [-0.1, -0.05) is 0 Å². The van der Waals surface area contributed by atoms with Crippen molar-refractivity contribution in [1.29, 1.82) is 0 Å². The minimum Gasteiger partial charge on any atom is -0.493 e. The Labute approximate surface area is 126 Å². The summed E-state index contributed by atoms with van der Waals surface area (Å²) in [4.78, 5) is 4.66. The van der Waals surface area contributed by atoms with Crippen molar-refractivity contribution in [2.75, 3.05) is 14.2 Å². The van der Waals surface area contributed by atoms with Crippen LogP contribution in [0.4, 0.5) is 0 Å². The van der Waals surface area contributed by atoms with E-state index >= 15 is 0 Å². The predicted octanol–water partition coefficient (Wildman–Crippen LogP) is 3.23. The molecule has 6 heteroatoms. The minimum atomic E-state index is 0.702. The Morgan fingerprint density at radius 1 is 1.10 bits per heavy atom. The second-order valence-corrected chi connectivity index (χ2v) is 5.37. The van der Waals surface area contributed by atoms with Crippen LogP contribution in [0.1, 0.15) is 0 Å². The first-order chi connectivity index (χ1) is 10.2. The van der Waals surface area contributed by atoms with E-state index in [0.717, 1.165) is 21.8 Å². The number of thiazole rings is 1. The molecule has 108 valence electrons. The fourth-order valence-corrected chi connectivity index (χ4v) is 2.89. The Kier molecular flexibility index (Phi) is 3.62. The van der Waals surface area contributed by atoms with Gasteiger partial charge in [-0.05, 0) is 18.2 Å². The number of nitrogens with zero attached hydrogens (tertiary/aromatic N) is 3. The Balaban J connectivity index is 1.96. The van der Waals surface area contributed by atoms with Crippen molar-refractivity contribution in [2.24, 2.45) is 7.05 Å². The molecule has 0 aliphatic heterocycles. The van der Waals surface area contributed by atoms with E-state index in [1.807, 2.05) is 43.0 Å². The van der Waals surface area contributed by atoms with Crippen LogP contribution >= 0.6 is 11.3 Å². The summed E-state index contributed by atoms with van der Waals surface area (Å²) in [5, 5.41) is 7.14. The number of ether oxygens (including phenoxy) is 2. The summed E-state index contributed by atoms with van der Waals surface area (Å²) >= 11 is 1.59. The van der Waals surface area contributed by atoms with Gasteiger partial charge in [0.2, 0.25) is 0 Å². The summed E-state index contributed by atoms with van der Waals surface area (Å²) < 4.78 is 12.4. The van der Waals surface area contributed by atoms with Gasteiger partial charge >= 0.3 is 0 Å². The van der Waals surface area contributed by atoms with Crippen molar-refractivity contribution in [1.82, 2.24) is 14.8 Å². The summed E-state index contributed by atoms with van der Waals surface area (Å²) in [6.07, 6.45) is 3.76. The molecular weight excluding hydrogens is 286 g/mol. The standard InChI is InChI=1S/C15H15N3O2S/c1-18-8-11(7-16-18)12-9-21-15(17-12)10-4-5-13(19-2)14(6-10)20-3/h4-9H,1-3H3. The van der Waals surface area contributed by atoms with E-state index in [1.54, 1.807) is 30.2 Å². The highest BCUT2D eigenvalue weighted by molar-refractivity contribution is 7.13. The van der Waals surface area contributed by atoms with E-state index in [1.165, 1.54) is 0 Å². The Hall–Kier alpha value is -2.34. The number of hydrogen-bond acceptors (Lipinski definition) is 5. The lowest BCUT2D eigenvalue weighted by Crippen LogP contribution is -1.90. The summed E-state index contributed by atoms with van der Waals surface area (Å²) in [6.45, 7) is 0. The molecule has 0 bridgehead atoms. The van der Waals surface area contributed by atoms with Crippen molar-refractivity contribution in [3.05, 3.63) is 36.0 Å². The third kappa shape index (κ3) is 2.62. The third-order valence-electron chi connectivity index (χ3n) is 3.14. The van der Waals surface area contributed by atoms with Crippen LogP contribution in [0.2, 0.25) is 0 Å². The van der Waals surface area contributed by atoms with Gasteiger partial charge in [0.15, 0.2) is 11.5 Å². The van der Waals surface area contributed by atoms with Crippen molar-refractivity contribution in [2.45, 2.75) is 0 Å². The van der Waals surface area contributed by atoms with Crippen molar-refractivity contribution >= 4 is 11.3 Å². The second kappa shape index (κ2) is 5.57. The molecule has 0 radical (unpaired) electrons. The summed E-state index contributed by atoms with van der Waals surface area (Å²) in [5.41, 5.74) is 2.95. The number of hydrogen-bond donors (Lipinski definition) is 0. The molecule has 21 heavy (non-hydrogen) atoms. The van der Waals surface area contributed by atoms with Gasteiger partial charge < -0.3 is 9.47 Å². The molecule has 0 spiro atoms. The van der Waals surface area contributed by atoms with E-state index in [-0.39, 0.29) is 0 Å². The quantitative estimate of drug-likeness (QED) is 0.742. The third-order valence-corrected chi connectivity index (χ3v) is 4.03. The van der Waals surface area contributed by atoms with Crippen LogP contribution in [0.25, 0.3) is 21.8 Å². The first-order valence-corrected chi connectivity index (χ1v) is 7.26. The van der Waals surface area contributed by atoms with Gasteiger partial charge in [-0.15, -0.1) is 11.3 Å². The van der Waals surface area contributed by atoms with E-state index in [2.05, 4.69) is 10.1 Å². The molecule has 0 amide bonds. The minimum absolute atomic E-state index is 0.702. The van der Waals surface area contributed by atoms with E-state index in [0.29, 0.717) is 11.5 Å². The monoisotopic (exact) mass is 301 g/mol. The average Bonchev–Trinajstić information content (AvgIpc) is 3.15. The van der Waals surface area contributed by atoms with Crippen LogP contribution in [0.15, 0.2) is 36.0 Å². The molecule has 0 fully saturated rings. The van der Waals surface area contributed by atoms with Gasteiger partial charge in [0.1, 0.15) is 5.01 Å². The second-order valence-electron chi connectivity index (χ2n) is 4.51. The lowest BCUT2D eigenvalue weighted by Gasteiger charge is -2.08. The van der Waals surface area contributed by atoms with Gasteiger partial charge in [-0.2, -0.15) is 5.10 Å². The number of aromatic nitrogens is 3. The van der Waals surface area contributed by atoms with Gasteiger partial charge in [-0.25, -0.2) is 4.98 Å². The van der Waals surface area contributed by atoms with Gasteiger partial charge in [0, 0.05) is 29.8 Å². The summed E-state index contributed by atoms with van der Waals surface area (Å²) in [5.74, 6) is 1.42. The molecule has 3 rings (SSSR count). The Bertz CT molecular complexity index is 764. The van der Waals surface area contributed by atoms with E-state index in [9.17, 15) is 0 Å². The first kappa shape index (κ1) is 13.6. The maximum Gasteiger partial charge on any atom is 0.161 e. The lowest BCUT2D eigenvalue weighted by atomic mass is 10.2. The zero-order chi connectivity index (χ0) is 14.8. The van der Waals surface area contributed by atoms with Crippen molar-refractivity contribution < 1.29 is 9.47 Å². The van der Waals surface area contributed by atoms with Crippen molar-refractivity contribution in [3.63, 3.8) is 0 Å².